The summed E-state index contributed by atoms with van der Waals surface area (Å²) < 4.78 is 53.9. The van der Waals surface area contributed by atoms with Crippen molar-refractivity contribution in [1.82, 2.24) is 10.2 Å². The Morgan fingerprint density at radius 3 is 2.24 bits per heavy atom. The van der Waals surface area contributed by atoms with Gasteiger partial charge in [-0.1, -0.05) is 23.2 Å². The lowest BCUT2D eigenvalue weighted by molar-refractivity contribution is -0.188. The molecule has 1 fully saturated rings. The van der Waals surface area contributed by atoms with Gasteiger partial charge in [0.05, 0.1) is 10.0 Å². The van der Waals surface area contributed by atoms with Gasteiger partial charge in [-0.25, -0.2) is 4.39 Å². The van der Waals surface area contributed by atoms with E-state index in [2.05, 4.69) is 5.32 Å². The van der Waals surface area contributed by atoms with Crippen molar-refractivity contribution in [2.24, 2.45) is 0 Å². The molecule has 1 saturated heterocycles. The summed E-state index contributed by atoms with van der Waals surface area (Å²) in [5.41, 5.74) is -0.603. The molecule has 2 nitrogen and oxygen atoms in total. The Morgan fingerprint density at radius 2 is 1.71 bits per heavy atom. The van der Waals surface area contributed by atoms with Crippen molar-refractivity contribution in [3.63, 3.8) is 0 Å². The van der Waals surface area contributed by atoms with E-state index in [1.165, 1.54) is 0 Å². The van der Waals surface area contributed by atoms with Crippen LogP contribution in [-0.4, -0.2) is 37.3 Å². The zero-order valence-corrected chi connectivity index (χ0v) is 13.0. The Hall–Kier alpha value is -0.270. The van der Waals surface area contributed by atoms with Crippen molar-refractivity contribution < 1.29 is 17.6 Å². The fraction of sp³-hybridized carbons (Fsp3) is 0.500. The highest BCUT2D eigenvalue weighted by molar-refractivity contribution is 6.42. The third-order valence-corrected chi connectivity index (χ3v) is 4.00. The van der Waals surface area contributed by atoms with Crippen LogP contribution in [0.1, 0.15) is 11.6 Å². The number of hydrogen-bond donors (Lipinski definition) is 1. The highest BCUT2D eigenvalue weighted by Crippen LogP contribution is 2.43. The molecule has 0 aliphatic carbocycles. The van der Waals surface area contributed by atoms with Crippen molar-refractivity contribution in [3.8, 4) is 0 Å². The van der Waals surface area contributed by atoms with Gasteiger partial charge < -0.3 is 5.32 Å². The fourth-order valence-electron chi connectivity index (χ4n) is 2.29. The van der Waals surface area contributed by atoms with E-state index < -0.39 is 23.6 Å². The number of benzene rings is 1. The van der Waals surface area contributed by atoms with Gasteiger partial charge in [0, 0.05) is 31.7 Å². The van der Waals surface area contributed by atoms with E-state index in [0.717, 1.165) is 17.0 Å². The normalized spacial score (nSPS) is 18.2. The Kier molecular flexibility index (Phi) is 6.55. The number of rotatable bonds is 2. The molecule has 21 heavy (non-hydrogen) atoms. The molecule has 1 aromatic rings. The summed E-state index contributed by atoms with van der Waals surface area (Å²) in [6.45, 7) is 1.14. The molecule has 0 bridgehead atoms. The fourth-order valence-corrected chi connectivity index (χ4v) is 2.71. The number of nitrogens with one attached hydrogen (secondary N) is 1. The van der Waals surface area contributed by atoms with Crippen LogP contribution in [0.2, 0.25) is 10.0 Å². The van der Waals surface area contributed by atoms with E-state index in [9.17, 15) is 17.6 Å². The van der Waals surface area contributed by atoms with Crippen molar-refractivity contribution >= 4 is 35.6 Å². The summed E-state index contributed by atoms with van der Waals surface area (Å²) in [5.74, 6) is -1.000. The zero-order valence-electron chi connectivity index (χ0n) is 10.7. The second-order valence-corrected chi connectivity index (χ2v) is 5.27. The van der Waals surface area contributed by atoms with Crippen molar-refractivity contribution in [3.05, 3.63) is 33.6 Å². The van der Waals surface area contributed by atoms with Crippen LogP contribution < -0.4 is 5.32 Å². The van der Waals surface area contributed by atoms with Gasteiger partial charge in [0.1, 0.15) is 11.9 Å². The van der Waals surface area contributed by atoms with Crippen LogP contribution in [0.5, 0.6) is 0 Å². The summed E-state index contributed by atoms with van der Waals surface area (Å²) >= 11 is 11.5. The molecule has 0 radical (unpaired) electrons. The van der Waals surface area contributed by atoms with Gasteiger partial charge in [-0.05, 0) is 12.1 Å². The molecular formula is C12H13Cl3F4N2. The van der Waals surface area contributed by atoms with Crippen LogP contribution in [0.25, 0.3) is 0 Å². The first kappa shape index (κ1) is 18.8. The summed E-state index contributed by atoms with van der Waals surface area (Å²) in [7, 11) is 0. The predicted molar refractivity (Wildman–Crippen MR) is 76.9 cm³/mol. The number of alkyl halides is 3. The van der Waals surface area contributed by atoms with Gasteiger partial charge in [0.2, 0.25) is 0 Å². The van der Waals surface area contributed by atoms with Crippen molar-refractivity contribution in [2.45, 2.75) is 12.2 Å². The van der Waals surface area contributed by atoms with Crippen LogP contribution >= 0.6 is 35.6 Å². The van der Waals surface area contributed by atoms with E-state index in [4.69, 9.17) is 23.2 Å². The maximum absolute atomic E-state index is 13.9. The van der Waals surface area contributed by atoms with Gasteiger partial charge >= 0.3 is 6.18 Å². The van der Waals surface area contributed by atoms with Gasteiger partial charge in [-0.3, -0.25) is 4.90 Å². The number of nitrogens with zero attached hydrogens (tertiary/aromatic N) is 1. The summed E-state index contributed by atoms with van der Waals surface area (Å²) in [5, 5.41) is 2.48. The van der Waals surface area contributed by atoms with E-state index in [0.29, 0.717) is 13.1 Å². The SMILES string of the molecule is Cl.Fc1ccc(Cl)c(Cl)c1[C@H](N1CCNCC1)C(F)(F)F. The van der Waals surface area contributed by atoms with Crippen LogP contribution in [0.3, 0.4) is 0 Å². The lowest BCUT2D eigenvalue weighted by atomic mass is 10.0. The largest absolute Gasteiger partial charge is 0.408 e. The molecule has 1 aliphatic rings. The molecule has 120 valence electrons. The summed E-state index contributed by atoms with van der Waals surface area (Å²) in [4.78, 5) is 1.16. The smallest absolute Gasteiger partial charge is 0.314 e. The minimum Gasteiger partial charge on any atom is -0.314 e. The first-order valence-corrected chi connectivity index (χ1v) is 6.73. The summed E-state index contributed by atoms with van der Waals surface area (Å²) in [6.07, 6.45) is -4.63. The molecule has 1 atom stereocenters. The maximum atomic E-state index is 13.9. The molecule has 0 saturated carbocycles. The van der Waals surface area contributed by atoms with Gasteiger partial charge in [-0.15, -0.1) is 12.4 Å². The molecule has 0 spiro atoms. The van der Waals surface area contributed by atoms with E-state index in [1.807, 2.05) is 0 Å². The zero-order chi connectivity index (χ0) is 14.9. The predicted octanol–water partition coefficient (Wildman–Crippen LogP) is 4.06. The van der Waals surface area contributed by atoms with Gasteiger partial charge in [-0.2, -0.15) is 13.2 Å². The molecule has 1 heterocycles. The molecule has 0 unspecified atom stereocenters. The molecular weight excluding hydrogens is 354 g/mol. The lowest BCUT2D eigenvalue weighted by Gasteiger charge is -2.36. The number of hydrogen-bond acceptors (Lipinski definition) is 2. The Labute approximate surface area is 135 Å². The first-order valence-electron chi connectivity index (χ1n) is 5.97. The molecule has 2 rings (SSSR count). The quantitative estimate of drug-likeness (QED) is 0.626. The molecule has 0 amide bonds. The molecule has 1 aromatic carbocycles. The van der Waals surface area contributed by atoms with Gasteiger partial charge in [0.25, 0.3) is 0 Å². The van der Waals surface area contributed by atoms with Crippen LogP contribution in [0.4, 0.5) is 17.6 Å². The highest BCUT2D eigenvalue weighted by atomic mass is 35.5. The minimum atomic E-state index is -4.63. The van der Waals surface area contributed by atoms with E-state index in [1.54, 1.807) is 0 Å². The average Bonchev–Trinajstić information content (AvgIpc) is 2.39. The second-order valence-electron chi connectivity index (χ2n) is 4.49. The molecule has 1 aliphatic heterocycles. The Bertz CT molecular complexity index is 490. The van der Waals surface area contributed by atoms with Gasteiger partial charge in [0.15, 0.2) is 0 Å². The average molecular weight is 368 g/mol. The topological polar surface area (TPSA) is 15.3 Å². The minimum absolute atomic E-state index is 0. The monoisotopic (exact) mass is 366 g/mol. The standard InChI is InChI=1S/C12H12Cl2F4N2.ClH/c13-7-1-2-8(15)9(10(7)14)11(12(16,17)18)20-5-3-19-4-6-20;/h1-2,11,19H,3-6H2;1H/t11-;/m0./s1. The number of halogens is 7. The van der Waals surface area contributed by atoms with Crippen molar-refractivity contribution in [1.29, 1.82) is 0 Å². The summed E-state index contributed by atoms with van der Waals surface area (Å²) in [6, 6.07) is -0.0333. The van der Waals surface area contributed by atoms with E-state index in [-0.39, 0.29) is 35.5 Å². The van der Waals surface area contributed by atoms with Crippen molar-refractivity contribution in [2.75, 3.05) is 26.2 Å². The second kappa shape index (κ2) is 7.33. The maximum Gasteiger partial charge on any atom is 0.408 e. The third kappa shape index (κ3) is 4.13. The Morgan fingerprint density at radius 1 is 1.14 bits per heavy atom. The van der Waals surface area contributed by atoms with Crippen LogP contribution in [0, 0.1) is 5.82 Å². The molecule has 0 aromatic heterocycles. The number of piperazine rings is 1. The first-order chi connectivity index (χ1) is 9.32. The highest BCUT2D eigenvalue weighted by Gasteiger charge is 2.47. The third-order valence-electron chi connectivity index (χ3n) is 3.18. The van der Waals surface area contributed by atoms with Crippen LogP contribution in [0.15, 0.2) is 12.1 Å². The van der Waals surface area contributed by atoms with E-state index >= 15 is 0 Å². The van der Waals surface area contributed by atoms with Crippen LogP contribution in [-0.2, 0) is 0 Å². The lowest BCUT2D eigenvalue weighted by Crippen LogP contribution is -2.49. The molecule has 1 N–H and O–H groups in total. The molecule has 9 heteroatoms. The Balaban J connectivity index is 0.00000220.